The van der Waals surface area contributed by atoms with E-state index in [9.17, 15) is 14.3 Å². The van der Waals surface area contributed by atoms with Crippen LogP contribution in [0.3, 0.4) is 0 Å². The number of hydrogen-bond donors (Lipinski definition) is 2. The second-order valence-corrected chi connectivity index (χ2v) is 4.56. The average molecular weight is 289 g/mol. The van der Waals surface area contributed by atoms with Gasteiger partial charge in [0.15, 0.2) is 6.61 Å². The van der Waals surface area contributed by atoms with Crippen LogP contribution in [0.1, 0.15) is 18.6 Å². The van der Waals surface area contributed by atoms with E-state index in [2.05, 4.69) is 5.32 Å². The summed E-state index contributed by atoms with van der Waals surface area (Å²) in [5.41, 5.74) is 1.09. The summed E-state index contributed by atoms with van der Waals surface area (Å²) in [4.78, 5) is 11.8. The molecule has 2 aromatic rings. The fourth-order valence-electron chi connectivity index (χ4n) is 1.84. The first-order valence-corrected chi connectivity index (χ1v) is 6.51. The van der Waals surface area contributed by atoms with Crippen LogP contribution >= 0.6 is 0 Å². The van der Waals surface area contributed by atoms with Crippen LogP contribution in [-0.4, -0.2) is 17.6 Å². The minimum absolute atomic E-state index is 0.160. The molecule has 1 atom stereocenters. The summed E-state index contributed by atoms with van der Waals surface area (Å²) in [5, 5.41) is 12.2. The standard InChI is InChI=1S/C16H16FNO3/c1-11(19)14-8-7-12(17)9-15(14)21-10-16(20)18-13-5-3-2-4-6-13/h2-9,11,19H,10H2,1H3,(H,18,20)/t11-/m0/s1. The van der Waals surface area contributed by atoms with Gasteiger partial charge in [-0.2, -0.15) is 0 Å². The highest BCUT2D eigenvalue weighted by molar-refractivity contribution is 5.91. The molecular weight excluding hydrogens is 273 g/mol. The highest BCUT2D eigenvalue weighted by Gasteiger charge is 2.12. The summed E-state index contributed by atoms with van der Waals surface area (Å²) >= 11 is 0. The smallest absolute Gasteiger partial charge is 0.262 e. The second kappa shape index (κ2) is 6.85. The van der Waals surface area contributed by atoms with Crippen molar-refractivity contribution < 1.29 is 19.0 Å². The molecule has 1 amide bonds. The number of carbonyl (C=O) groups excluding carboxylic acids is 1. The molecule has 0 saturated carbocycles. The molecule has 0 aliphatic rings. The maximum absolute atomic E-state index is 13.2. The zero-order valence-corrected chi connectivity index (χ0v) is 11.5. The number of anilines is 1. The van der Waals surface area contributed by atoms with Gasteiger partial charge in [0.1, 0.15) is 11.6 Å². The van der Waals surface area contributed by atoms with Crippen LogP contribution in [0.15, 0.2) is 48.5 Å². The van der Waals surface area contributed by atoms with E-state index in [1.165, 1.54) is 12.1 Å². The molecule has 0 aliphatic heterocycles. The van der Waals surface area contributed by atoms with Crippen molar-refractivity contribution in [3.8, 4) is 5.75 Å². The van der Waals surface area contributed by atoms with E-state index in [1.807, 2.05) is 6.07 Å². The predicted molar refractivity (Wildman–Crippen MR) is 77.6 cm³/mol. The molecule has 0 bridgehead atoms. The average Bonchev–Trinajstić information content (AvgIpc) is 2.46. The zero-order chi connectivity index (χ0) is 15.2. The van der Waals surface area contributed by atoms with Crippen LogP contribution in [0.25, 0.3) is 0 Å². The number of ether oxygens (including phenoxy) is 1. The number of benzene rings is 2. The molecule has 2 aromatic carbocycles. The van der Waals surface area contributed by atoms with Gasteiger partial charge in [-0.3, -0.25) is 4.79 Å². The Morgan fingerprint density at radius 3 is 2.67 bits per heavy atom. The number of aliphatic hydroxyl groups excluding tert-OH is 1. The fourth-order valence-corrected chi connectivity index (χ4v) is 1.84. The highest BCUT2D eigenvalue weighted by Crippen LogP contribution is 2.25. The number of carbonyl (C=O) groups is 1. The zero-order valence-electron chi connectivity index (χ0n) is 11.5. The van der Waals surface area contributed by atoms with E-state index in [4.69, 9.17) is 4.74 Å². The number of amides is 1. The Balaban J connectivity index is 1.99. The van der Waals surface area contributed by atoms with E-state index in [0.717, 1.165) is 6.07 Å². The van der Waals surface area contributed by atoms with E-state index in [-0.39, 0.29) is 18.3 Å². The third kappa shape index (κ3) is 4.29. The molecule has 0 radical (unpaired) electrons. The predicted octanol–water partition coefficient (Wildman–Crippen LogP) is 2.90. The first-order chi connectivity index (χ1) is 10.1. The van der Waals surface area contributed by atoms with Gasteiger partial charge in [0.05, 0.1) is 6.10 Å². The van der Waals surface area contributed by atoms with Gasteiger partial charge in [-0.25, -0.2) is 4.39 Å². The first-order valence-electron chi connectivity index (χ1n) is 6.51. The maximum Gasteiger partial charge on any atom is 0.262 e. The van der Waals surface area contributed by atoms with Crippen molar-refractivity contribution >= 4 is 11.6 Å². The summed E-state index contributed by atoms with van der Waals surface area (Å²) in [6.45, 7) is 1.28. The molecule has 21 heavy (non-hydrogen) atoms. The summed E-state index contributed by atoms with van der Waals surface area (Å²) < 4.78 is 18.5. The van der Waals surface area contributed by atoms with Gasteiger partial charge in [-0.05, 0) is 31.2 Å². The monoisotopic (exact) mass is 289 g/mol. The Hall–Kier alpha value is -2.40. The lowest BCUT2D eigenvalue weighted by Crippen LogP contribution is -2.20. The van der Waals surface area contributed by atoms with E-state index < -0.39 is 11.9 Å². The number of hydrogen-bond acceptors (Lipinski definition) is 3. The number of para-hydroxylation sites is 1. The van der Waals surface area contributed by atoms with Crippen molar-refractivity contribution in [3.63, 3.8) is 0 Å². The molecule has 110 valence electrons. The van der Waals surface area contributed by atoms with Crippen LogP contribution < -0.4 is 10.1 Å². The van der Waals surface area contributed by atoms with Crippen LogP contribution in [0.4, 0.5) is 10.1 Å². The normalized spacial score (nSPS) is 11.8. The molecule has 0 heterocycles. The summed E-state index contributed by atoms with van der Waals surface area (Å²) in [7, 11) is 0. The van der Waals surface area contributed by atoms with E-state index in [1.54, 1.807) is 31.2 Å². The molecule has 2 N–H and O–H groups in total. The number of aliphatic hydroxyl groups is 1. The molecule has 4 nitrogen and oxygen atoms in total. The minimum atomic E-state index is -0.808. The lowest BCUT2D eigenvalue weighted by atomic mass is 10.1. The highest BCUT2D eigenvalue weighted by atomic mass is 19.1. The molecule has 0 aromatic heterocycles. The lowest BCUT2D eigenvalue weighted by molar-refractivity contribution is -0.118. The summed E-state index contributed by atoms with van der Waals surface area (Å²) in [6, 6.07) is 12.8. The Kier molecular flexibility index (Phi) is 4.90. The Morgan fingerprint density at radius 2 is 2.00 bits per heavy atom. The van der Waals surface area contributed by atoms with Gasteiger partial charge >= 0.3 is 0 Å². The third-order valence-electron chi connectivity index (χ3n) is 2.84. The van der Waals surface area contributed by atoms with Gasteiger partial charge in [0.25, 0.3) is 5.91 Å². The van der Waals surface area contributed by atoms with Crippen LogP contribution in [0.2, 0.25) is 0 Å². The van der Waals surface area contributed by atoms with Crippen molar-refractivity contribution in [3.05, 3.63) is 59.9 Å². The maximum atomic E-state index is 13.2. The SMILES string of the molecule is C[C@H](O)c1ccc(F)cc1OCC(=O)Nc1ccccc1. The van der Waals surface area contributed by atoms with Gasteiger partial charge in [-0.15, -0.1) is 0 Å². The Morgan fingerprint density at radius 1 is 1.29 bits per heavy atom. The third-order valence-corrected chi connectivity index (χ3v) is 2.84. The van der Waals surface area contributed by atoms with E-state index >= 15 is 0 Å². The van der Waals surface area contributed by atoms with Crippen LogP contribution in [0.5, 0.6) is 5.75 Å². The molecular formula is C16H16FNO3. The van der Waals surface area contributed by atoms with Crippen molar-refractivity contribution in [2.24, 2.45) is 0 Å². The van der Waals surface area contributed by atoms with Crippen molar-refractivity contribution in [2.45, 2.75) is 13.0 Å². The quantitative estimate of drug-likeness (QED) is 0.889. The fraction of sp³-hybridized carbons (Fsp3) is 0.188. The molecule has 5 heteroatoms. The summed E-state index contributed by atoms with van der Waals surface area (Å²) in [5.74, 6) is -0.687. The number of rotatable bonds is 5. The molecule has 0 unspecified atom stereocenters. The van der Waals surface area contributed by atoms with Gasteiger partial charge in [0.2, 0.25) is 0 Å². The lowest BCUT2D eigenvalue weighted by Gasteiger charge is -2.13. The number of nitrogens with one attached hydrogen (secondary N) is 1. The van der Waals surface area contributed by atoms with Gasteiger partial charge < -0.3 is 15.2 Å². The molecule has 0 spiro atoms. The first kappa shape index (κ1) is 15.0. The molecule has 0 saturated heterocycles. The second-order valence-electron chi connectivity index (χ2n) is 4.56. The van der Waals surface area contributed by atoms with E-state index in [0.29, 0.717) is 11.3 Å². The molecule has 0 fully saturated rings. The topological polar surface area (TPSA) is 58.6 Å². The number of halogens is 1. The molecule has 0 aliphatic carbocycles. The van der Waals surface area contributed by atoms with Crippen molar-refractivity contribution in [1.82, 2.24) is 0 Å². The van der Waals surface area contributed by atoms with Crippen LogP contribution in [0, 0.1) is 5.82 Å². The van der Waals surface area contributed by atoms with Gasteiger partial charge in [0, 0.05) is 17.3 Å². The van der Waals surface area contributed by atoms with Crippen LogP contribution in [-0.2, 0) is 4.79 Å². The molecule has 2 rings (SSSR count). The van der Waals surface area contributed by atoms with Crippen molar-refractivity contribution in [1.29, 1.82) is 0 Å². The minimum Gasteiger partial charge on any atom is -0.483 e. The summed E-state index contributed by atoms with van der Waals surface area (Å²) in [6.07, 6.45) is -0.808. The Bertz CT molecular complexity index is 614. The van der Waals surface area contributed by atoms with Gasteiger partial charge in [-0.1, -0.05) is 18.2 Å². The Labute approximate surface area is 122 Å². The largest absolute Gasteiger partial charge is 0.483 e. The van der Waals surface area contributed by atoms with Crippen molar-refractivity contribution in [2.75, 3.05) is 11.9 Å².